The molecule has 0 N–H and O–H groups in total. The number of hydrazine groups is 1. The molecular formula is C21H25N3O7. The van der Waals surface area contributed by atoms with Crippen molar-refractivity contribution in [2.24, 2.45) is 0 Å². The molecule has 1 fully saturated rings. The van der Waals surface area contributed by atoms with Gasteiger partial charge in [-0.25, -0.2) is 10.0 Å². The van der Waals surface area contributed by atoms with Crippen molar-refractivity contribution in [1.82, 2.24) is 15.0 Å². The maximum absolute atomic E-state index is 13.4. The van der Waals surface area contributed by atoms with Crippen molar-refractivity contribution in [3.63, 3.8) is 0 Å². The van der Waals surface area contributed by atoms with E-state index in [4.69, 9.17) is 23.7 Å². The molecular weight excluding hydrogens is 406 g/mol. The van der Waals surface area contributed by atoms with Crippen molar-refractivity contribution in [2.75, 3.05) is 48.6 Å². The molecule has 0 atom stereocenters. The number of nitrogens with zero attached hydrogens (tertiary/aromatic N) is 3. The zero-order valence-electron chi connectivity index (χ0n) is 18.1. The predicted octanol–water partition coefficient (Wildman–Crippen LogP) is 2.03. The van der Waals surface area contributed by atoms with Gasteiger partial charge in [-0.1, -0.05) is 0 Å². The predicted molar refractivity (Wildman–Crippen MR) is 110 cm³/mol. The standard InChI is InChI=1S/C21H25N3O7/c1-27-15-9-7-13(17(29-3)18(15)30-4)20(25)23-11-6-12-24(23)21(26)14-8-10-16(28-2)22-19(14)31-5/h7-10H,6,11-12H2,1-5H3. The Labute approximate surface area is 180 Å². The summed E-state index contributed by atoms with van der Waals surface area (Å²) in [5.74, 6) is 0.592. The number of methoxy groups -OCH3 is 5. The fraction of sp³-hybridized carbons (Fsp3) is 0.381. The van der Waals surface area contributed by atoms with Crippen LogP contribution in [-0.2, 0) is 0 Å². The summed E-state index contributed by atoms with van der Waals surface area (Å²) < 4.78 is 26.4. The van der Waals surface area contributed by atoms with Gasteiger partial charge in [0.1, 0.15) is 5.56 Å². The van der Waals surface area contributed by atoms with Gasteiger partial charge in [-0.15, -0.1) is 0 Å². The van der Waals surface area contributed by atoms with Crippen LogP contribution in [0, 0.1) is 0 Å². The van der Waals surface area contributed by atoms with Gasteiger partial charge in [-0.05, 0) is 24.6 Å². The first-order valence-electron chi connectivity index (χ1n) is 9.52. The lowest BCUT2D eigenvalue weighted by molar-refractivity contribution is 0.0181. The Kier molecular flexibility index (Phi) is 6.68. The van der Waals surface area contributed by atoms with Crippen LogP contribution in [0.2, 0.25) is 0 Å². The van der Waals surface area contributed by atoms with Crippen molar-refractivity contribution in [3.8, 4) is 29.0 Å². The van der Waals surface area contributed by atoms with E-state index in [0.717, 1.165) is 0 Å². The lowest BCUT2D eigenvalue weighted by Gasteiger charge is -2.29. The quantitative estimate of drug-likeness (QED) is 0.657. The molecule has 1 aromatic carbocycles. The van der Waals surface area contributed by atoms with Crippen molar-refractivity contribution in [3.05, 3.63) is 35.4 Å². The van der Waals surface area contributed by atoms with Crippen LogP contribution in [0.25, 0.3) is 0 Å². The molecule has 0 saturated carbocycles. The Bertz CT molecular complexity index is 980. The van der Waals surface area contributed by atoms with Crippen LogP contribution in [0.1, 0.15) is 27.1 Å². The molecule has 0 unspecified atom stereocenters. The van der Waals surface area contributed by atoms with E-state index in [9.17, 15) is 9.59 Å². The highest BCUT2D eigenvalue weighted by Gasteiger charge is 2.35. The highest BCUT2D eigenvalue weighted by atomic mass is 16.5. The van der Waals surface area contributed by atoms with Crippen molar-refractivity contribution >= 4 is 11.8 Å². The Morgan fingerprint density at radius 1 is 0.742 bits per heavy atom. The van der Waals surface area contributed by atoms with E-state index < -0.39 is 11.8 Å². The molecule has 166 valence electrons. The van der Waals surface area contributed by atoms with Gasteiger partial charge >= 0.3 is 0 Å². The number of hydrogen-bond donors (Lipinski definition) is 0. The largest absolute Gasteiger partial charge is 0.493 e. The number of ether oxygens (including phenoxy) is 5. The second-order valence-corrected chi connectivity index (χ2v) is 6.50. The molecule has 3 rings (SSSR count). The van der Waals surface area contributed by atoms with E-state index in [2.05, 4.69) is 4.98 Å². The van der Waals surface area contributed by atoms with Crippen molar-refractivity contribution in [1.29, 1.82) is 0 Å². The third-order valence-corrected chi connectivity index (χ3v) is 4.90. The highest BCUT2D eigenvalue weighted by molar-refractivity contribution is 6.02. The lowest BCUT2D eigenvalue weighted by atomic mass is 10.1. The van der Waals surface area contributed by atoms with Gasteiger partial charge in [0.15, 0.2) is 11.5 Å². The molecule has 10 heteroatoms. The Balaban J connectivity index is 1.96. The molecule has 2 amide bonds. The molecule has 2 aromatic rings. The summed E-state index contributed by atoms with van der Waals surface area (Å²) in [5, 5.41) is 2.76. The van der Waals surface area contributed by atoms with Crippen LogP contribution in [0.15, 0.2) is 24.3 Å². The first-order valence-corrected chi connectivity index (χ1v) is 9.52. The minimum Gasteiger partial charge on any atom is -0.493 e. The number of amides is 2. The van der Waals surface area contributed by atoms with E-state index in [1.165, 1.54) is 45.6 Å². The molecule has 1 aliphatic rings. The summed E-state index contributed by atoms with van der Waals surface area (Å²) in [6.45, 7) is 0.739. The van der Waals surface area contributed by atoms with Crippen LogP contribution in [0.4, 0.5) is 0 Å². The summed E-state index contributed by atoms with van der Waals surface area (Å²) in [7, 11) is 7.29. The van der Waals surface area contributed by atoms with Gasteiger partial charge in [-0.3, -0.25) is 9.59 Å². The molecule has 0 radical (unpaired) electrons. The molecule has 0 aliphatic carbocycles. The van der Waals surface area contributed by atoms with Crippen molar-refractivity contribution in [2.45, 2.75) is 6.42 Å². The number of hydrogen-bond acceptors (Lipinski definition) is 8. The highest BCUT2D eigenvalue weighted by Crippen LogP contribution is 2.40. The SMILES string of the molecule is COc1ccc(C(=O)N2CCCN2C(=O)c2ccc(OC)c(OC)c2OC)c(OC)n1. The van der Waals surface area contributed by atoms with Crippen LogP contribution in [-0.4, -0.2) is 75.5 Å². The lowest BCUT2D eigenvalue weighted by Crippen LogP contribution is -2.45. The minimum atomic E-state index is -0.405. The van der Waals surface area contributed by atoms with Crippen LogP contribution in [0.5, 0.6) is 29.0 Å². The van der Waals surface area contributed by atoms with Crippen molar-refractivity contribution < 1.29 is 33.3 Å². The van der Waals surface area contributed by atoms with E-state index >= 15 is 0 Å². The van der Waals surface area contributed by atoms with E-state index in [0.29, 0.717) is 36.9 Å². The number of carbonyl (C=O) groups is 2. The smallest absolute Gasteiger partial charge is 0.277 e. The second-order valence-electron chi connectivity index (χ2n) is 6.50. The molecule has 10 nitrogen and oxygen atoms in total. The minimum absolute atomic E-state index is 0.118. The van der Waals surface area contributed by atoms with E-state index in [-0.39, 0.29) is 22.8 Å². The van der Waals surface area contributed by atoms with Gasteiger partial charge in [0.2, 0.25) is 17.5 Å². The van der Waals surface area contributed by atoms with Crippen LogP contribution < -0.4 is 23.7 Å². The monoisotopic (exact) mass is 431 g/mol. The Hall–Kier alpha value is -3.69. The maximum Gasteiger partial charge on any atom is 0.277 e. The van der Waals surface area contributed by atoms with Gasteiger partial charge in [0.05, 0.1) is 41.1 Å². The van der Waals surface area contributed by atoms with Gasteiger partial charge in [0.25, 0.3) is 11.8 Å². The number of carbonyl (C=O) groups excluding carboxylic acids is 2. The zero-order valence-corrected chi connectivity index (χ0v) is 18.1. The average molecular weight is 431 g/mol. The Morgan fingerprint density at radius 2 is 1.35 bits per heavy atom. The fourth-order valence-corrected chi connectivity index (χ4v) is 3.44. The third-order valence-electron chi connectivity index (χ3n) is 4.90. The molecule has 0 spiro atoms. The van der Waals surface area contributed by atoms with E-state index in [1.807, 2.05) is 0 Å². The normalized spacial score (nSPS) is 13.1. The second kappa shape index (κ2) is 9.41. The summed E-state index contributed by atoms with van der Waals surface area (Å²) in [6, 6.07) is 6.33. The number of benzene rings is 1. The molecule has 2 heterocycles. The fourth-order valence-electron chi connectivity index (χ4n) is 3.44. The van der Waals surface area contributed by atoms with E-state index in [1.54, 1.807) is 24.3 Å². The maximum atomic E-state index is 13.4. The van der Waals surface area contributed by atoms with Gasteiger partial charge in [0, 0.05) is 19.2 Å². The third kappa shape index (κ3) is 4.00. The molecule has 31 heavy (non-hydrogen) atoms. The number of pyridine rings is 1. The summed E-state index contributed by atoms with van der Waals surface area (Å²) in [5.41, 5.74) is 0.474. The first kappa shape index (κ1) is 22.0. The zero-order chi connectivity index (χ0) is 22.5. The van der Waals surface area contributed by atoms with Gasteiger partial charge < -0.3 is 23.7 Å². The first-order chi connectivity index (χ1) is 15.0. The molecule has 1 aromatic heterocycles. The summed E-state index contributed by atoms with van der Waals surface area (Å²) in [4.78, 5) is 30.8. The van der Waals surface area contributed by atoms with Gasteiger partial charge in [-0.2, -0.15) is 4.98 Å². The Morgan fingerprint density at radius 3 is 1.90 bits per heavy atom. The number of aromatic nitrogens is 1. The van der Waals surface area contributed by atoms with Crippen LogP contribution >= 0.6 is 0 Å². The summed E-state index contributed by atoms with van der Waals surface area (Å²) >= 11 is 0. The number of rotatable bonds is 7. The topological polar surface area (TPSA) is 99.7 Å². The molecule has 0 bridgehead atoms. The average Bonchev–Trinajstić information content (AvgIpc) is 3.31. The molecule has 1 saturated heterocycles. The summed E-state index contributed by atoms with van der Waals surface area (Å²) in [6.07, 6.45) is 0.624. The molecule has 1 aliphatic heterocycles. The van der Waals surface area contributed by atoms with Crippen LogP contribution in [0.3, 0.4) is 0 Å².